The van der Waals surface area contributed by atoms with Crippen LogP contribution in [0.1, 0.15) is 11.1 Å². The number of rotatable bonds is 7. The smallest absolute Gasteiger partial charge is 0.191 e. The predicted molar refractivity (Wildman–Crippen MR) is 121 cm³/mol. The van der Waals surface area contributed by atoms with Crippen molar-refractivity contribution in [3.8, 4) is 11.5 Å². The van der Waals surface area contributed by atoms with Crippen molar-refractivity contribution in [2.45, 2.75) is 13.1 Å². The van der Waals surface area contributed by atoms with Crippen molar-refractivity contribution in [1.29, 1.82) is 0 Å². The molecule has 1 aliphatic heterocycles. The summed E-state index contributed by atoms with van der Waals surface area (Å²) in [5, 5.41) is 6.65. The predicted octanol–water partition coefficient (Wildman–Crippen LogP) is 1.72. The molecule has 0 amide bonds. The van der Waals surface area contributed by atoms with Crippen molar-refractivity contribution in [2.75, 3.05) is 59.4 Å². The third-order valence-electron chi connectivity index (χ3n) is 5.26. The lowest BCUT2D eigenvalue weighted by Gasteiger charge is -2.33. The van der Waals surface area contributed by atoms with E-state index in [-0.39, 0.29) is 0 Å². The van der Waals surface area contributed by atoms with Crippen LogP contribution in [0.3, 0.4) is 0 Å². The number of ether oxygens (including phenoxy) is 2. The van der Waals surface area contributed by atoms with Gasteiger partial charge in [-0.1, -0.05) is 6.07 Å². The van der Waals surface area contributed by atoms with Gasteiger partial charge in [0.05, 0.1) is 14.2 Å². The summed E-state index contributed by atoms with van der Waals surface area (Å²) in [7, 11) is 7.22. The average molecular weight is 413 g/mol. The number of aromatic nitrogens is 1. The van der Waals surface area contributed by atoms with Crippen molar-refractivity contribution >= 4 is 11.8 Å². The maximum absolute atomic E-state index is 5.45. The van der Waals surface area contributed by atoms with Crippen LogP contribution in [0.25, 0.3) is 0 Å². The highest BCUT2D eigenvalue weighted by atomic mass is 16.5. The second-order valence-electron chi connectivity index (χ2n) is 7.27. The first-order chi connectivity index (χ1) is 14.6. The van der Waals surface area contributed by atoms with Gasteiger partial charge in [0.1, 0.15) is 17.3 Å². The van der Waals surface area contributed by atoms with E-state index in [0.717, 1.165) is 60.6 Å². The highest BCUT2D eigenvalue weighted by Gasteiger charge is 2.15. The number of hydrogen-bond acceptors (Lipinski definition) is 6. The Bertz CT molecular complexity index is 832. The Morgan fingerprint density at radius 2 is 1.80 bits per heavy atom. The fourth-order valence-electron chi connectivity index (χ4n) is 3.33. The van der Waals surface area contributed by atoms with Crippen molar-refractivity contribution in [3.05, 3.63) is 47.7 Å². The number of hydrogen-bond donors (Lipinski definition) is 2. The van der Waals surface area contributed by atoms with E-state index in [1.54, 1.807) is 21.3 Å². The Labute approximate surface area is 178 Å². The number of nitrogens with zero attached hydrogens (tertiary/aromatic N) is 4. The minimum Gasteiger partial charge on any atom is -0.497 e. The van der Waals surface area contributed by atoms with Gasteiger partial charge in [0.2, 0.25) is 0 Å². The summed E-state index contributed by atoms with van der Waals surface area (Å²) < 4.78 is 10.7. The van der Waals surface area contributed by atoms with Gasteiger partial charge in [0.25, 0.3) is 0 Å². The van der Waals surface area contributed by atoms with Crippen LogP contribution in [-0.2, 0) is 13.1 Å². The minimum absolute atomic E-state index is 0.591. The Balaban J connectivity index is 1.51. The van der Waals surface area contributed by atoms with Gasteiger partial charge in [-0.25, -0.2) is 4.98 Å². The normalized spacial score (nSPS) is 15.1. The van der Waals surface area contributed by atoms with Gasteiger partial charge in [-0.05, 0) is 30.8 Å². The second kappa shape index (κ2) is 10.7. The molecule has 0 bridgehead atoms. The molecule has 162 valence electrons. The first-order valence-electron chi connectivity index (χ1n) is 10.2. The van der Waals surface area contributed by atoms with Crippen LogP contribution in [0.15, 0.2) is 41.5 Å². The minimum atomic E-state index is 0.591. The number of methoxy groups -OCH3 is 2. The van der Waals surface area contributed by atoms with Gasteiger partial charge in [-0.2, -0.15) is 0 Å². The molecule has 0 aliphatic carbocycles. The van der Waals surface area contributed by atoms with Crippen LogP contribution in [0, 0.1) is 0 Å². The van der Waals surface area contributed by atoms with Crippen molar-refractivity contribution in [1.82, 2.24) is 20.5 Å². The van der Waals surface area contributed by atoms with Gasteiger partial charge in [0.15, 0.2) is 5.96 Å². The molecule has 2 N–H and O–H groups in total. The summed E-state index contributed by atoms with van der Waals surface area (Å²) in [6.45, 7) is 5.43. The standard InChI is InChI=1S/C22H32N6O2/c1-23-22(26-16-18-6-7-19(29-3)13-20(18)30-4)25-15-17-5-8-21(24-14-17)28-11-9-27(2)10-12-28/h5-8,13-14H,9-12,15-16H2,1-4H3,(H2,23,25,26). The lowest BCUT2D eigenvalue weighted by Crippen LogP contribution is -2.44. The van der Waals surface area contributed by atoms with E-state index in [9.17, 15) is 0 Å². The van der Waals surface area contributed by atoms with Crippen LogP contribution in [0.4, 0.5) is 5.82 Å². The molecule has 0 unspecified atom stereocenters. The zero-order valence-electron chi connectivity index (χ0n) is 18.3. The fraction of sp³-hybridized carbons (Fsp3) is 0.455. The highest BCUT2D eigenvalue weighted by molar-refractivity contribution is 5.79. The summed E-state index contributed by atoms with van der Waals surface area (Å²) in [6.07, 6.45) is 1.93. The third kappa shape index (κ3) is 5.76. The SMILES string of the molecule is CN=C(NCc1ccc(N2CCN(C)CC2)nc1)NCc1ccc(OC)cc1OC. The molecule has 2 aromatic rings. The summed E-state index contributed by atoms with van der Waals surface area (Å²) in [4.78, 5) is 13.6. The molecular formula is C22H32N6O2. The first-order valence-corrected chi connectivity index (χ1v) is 10.2. The Morgan fingerprint density at radius 3 is 2.43 bits per heavy atom. The summed E-state index contributed by atoms with van der Waals surface area (Å²) in [6, 6.07) is 10.00. The maximum atomic E-state index is 5.45. The number of benzene rings is 1. The molecular weight excluding hydrogens is 380 g/mol. The molecule has 1 aliphatic rings. The summed E-state index contributed by atoms with van der Waals surface area (Å²) >= 11 is 0. The molecule has 0 radical (unpaired) electrons. The third-order valence-corrected chi connectivity index (χ3v) is 5.26. The summed E-state index contributed by atoms with van der Waals surface area (Å²) in [5.74, 6) is 3.31. The molecule has 1 aromatic carbocycles. The van der Waals surface area contributed by atoms with E-state index in [4.69, 9.17) is 9.47 Å². The number of aliphatic imine (C=N–C) groups is 1. The van der Waals surface area contributed by atoms with Crippen LogP contribution >= 0.6 is 0 Å². The van der Waals surface area contributed by atoms with Gasteiger partial charge >= 0.3 is 0 Å². The Hall–Kier alpha value is -3.00. The number of pyridine rings is 1. The van der Waals surface area contributed by atoms with Crippen molar-refractivity contribution < 1.29 is 9.47 Å². The van der Waals surface area contributed by atoms with Gasteiger partial charge in [0, 0.05) is 64.1 Å². The molecule has 1 saturated heterocycles. The largest absolute Gasteiger partial charge is 0.497 e. The van der Waals surface area contributed by atoms with E-state index < -0.39 is 0 Å². The van der Waals surface area contributed by atoms with E-state index in [1.165, 1.54) is 0 Å². The second-order valence-corrected chi connectivity index (χ2v) is 7.27. The molecule has 0 saturated carbocycles. The quantitative estimate of drug-likeness (QED) is 0.530. The molecule has 30 heavy (non-hydrogen) atoms. The van der Waals surface area contributed by atoms with Gasteiger partial charge < -0.3 is 29.9 Å². The number of piperazine rings is 1. The van der Waals surface area contributed by atoms with Gasteiger partial charge in [-0.3, -0.25) is 4.99 Å². The maximum Gasteiger partial charge on any atom is 0.191 e. The molecule has 3 rings (SSSR count). The Kier molecular flexibility index (Phi) is 7.73. The van der Waals surface area contributed by atoms with Crippen LogP contribution in [0.2, 0.25) is 0 Å². The number of nitrogens with one attached hydrogen (secondary N) is 2. The lowest BCUT2D eigenvalue weighted by atomic mass is 10.2. The van der Waals surface area contributed by atoms with Crippen LogP contribution in [-0.4, -0.2) is 70.3 Å². The molecule has 0 atom stereocenters. The number of anilines is 1. The van der Waals surface area contributed by atoms with Crippen LogP contribution in [0.5, 0.6) is 11.5 Å². The molecule has 0 spiro atoms. The average Bonchev–Trinajstić information content (AvgIpc) is 2.80. The van der Waals surface area contributed by atoms with E-state index in [0.29, 0.717) is 13.1 Å². The zero-order valence-corrected chi connectivity index (χ0v) is 18.3. The molecule has 8 heteroatoms. The van der Waals surface area contributed by atoms with E-state index in [1.807, 2.05) is 24.4 Å². The highest BCUT2D eigenvalue weighted by Crippen LogP contribution is 2.24. The summed E-state index contributed by atoms with van der Waals surface area (Å²) in [5.41, 5.74) is 2.14. The monoisotopic (exact) mass is 412 g/mol. The lowest BCUT2D eigenvalue weighted by molar-refractivity contribution is 0.312. The van der Waals surface area contributed by atoms with Crippen molar-refractivity contribution in [2.24, 2.45) is 4.99 Å². The fourth-order valence-corrected chi connectivity index (χ4v) is 3.33. The first kappa shape index (κ1) is 21.7. The molecule has 2 heterocycles. The Morgan fingerprint density at radius 1 is 1.03 bits per heavy atom. The van der Waals surface area contributed by atoms with Crippen molar-refractivity contribution in [3.63, 3.8) is 0 Å². The number of guanidine groups is 1. The number of likely N-dealkylation sites (N-methyl/N-ethyl adjacent to an activating group) is 1. The zero-order chi connectivity index (χ0) is 21.3. The topological polar surface area (TPSA) is 74.3 Å². The van der Waals surface area contributed by atoms with E-state index >= 15 is 0 Å². The van der Waals surface area contributed by atoms with Gasteiger partial charge in [-0.15, -0.1) is 0 Å². The van der Waals surface area contributed by atoms with E-state index in [2.05, 4.69) is 49.6 Å². The molecule has 1 aromatic heterocycles. The molecule has 8 nitrogen and oxygen atoms in total. The van der Waals surface area contributed by atoms with Crippen LogP contribution < -0.4 is 25.0 Å². The molecule has 1 fully saturated rings.